The topological polar surface area (TPSA) is 101 Å². The molecule has 0 aliphatic rings. The van der Waals surface area contributed by atoms with Crippen molar-refractivity contribution < 1.29 is 14.3 Å². The maximum atomic E-state index is 11.7. The number of amides is 1. The van der Waals surface area contributed by atoms with Crippen molar-refractivity contribution in [3.05, 3.63) is 46.2 Å². The second-order valence-corrected chi connectivity index (χ2v) is 4.98. The molecule has 0 saturated carbocycles. The summed E-state index contributed by atoms with van der Waals surface area (Å²) >= 11 is 0. The summed E-state index contributed by atoms with van der Waals surface area (Å²) in [5.41, 5.74) is 2.66. The smallest absolute Gasteiger partial charge is 0.302 e. The zero-order chi connectivity index (χ0) is 16.8. The lowest BCUT2D eigenvalue weighted by Crippen LogP contribution is -2.15. The molecule has 0 unspecified atom stereocenters. The van der Waals surface area contributed by atoms with Gasteiger partial charge in [0.2, 0.25) is 5.91 Å². The highest BCUT2D eigenvalue weighted by atomic mass is 16.5. The first-order valence-corrected chi connectivity index (χ1v) is 7.05. The molecule has 2 rings (SSSR count). The van der Waals surface area contributed by atoms with Gasteiger partial charge in [-0.1, -0.05) is 12.1 Å². The Kier molecular flexibility index (Phi) is 5.24. The molecular weight excluding hydrogens is 298 g/mol. The number of anilines is 1. The molecule has 0 radical (unpaired) electrons. The Bertz CT molecular complexity index is 766. The lowest BCUT2D eigenvalue weighted by atomic mass is 10.1. The highest BCUT2D eigenvalue weighted by molar-refractivity contribution is 5.91. The predicted molar refractivity (Wildman–Crippen MR) is 84.9 cm³/mol. The van der Waals surface area contributed by atoms with E-state index in [9.17, 15) is 14.4 Å². The fraction of sp³-hybridized carbons (Fsp3) is 0.250. The molecule has 2 aromatic rings. The van der Waals surface area contributed by atoms with E-state index in [1.807, 2.05) is 6.92 Å². The van der Waals surface area contributed by atoms with Crippen LogP contribution in [0.4, 0.5) is 5.69 Å². The van der Waals surface area contributed by atoms with Crippen LogP contribution < -0.4 is 10.9 Å². The third kappa shape index (κ3) is 4.77. The van der Waals surface area contributed by atoms with Crippen LogP contribution in [-0.2, 0) is 14.3 Å². The van der Waals surface area contributed by atoms with E-state index < -0.39 is 5.97 Å². The number of aromatic nitrogens is 2. The first kappa shape index (κ1) is 16.4. The second kappa shape index (κ2) is 7.35. The van der Waals surface area contributed by atoms with E-state index in [1.165, 1.54) is 13.0 Å². The number of esters is 1. The molecule has 1 aromatic heterocycles. The number of H-pyrrole nitrogens is 1. The number of aromatic amines is 1. The molecule has 1 heterocycles. The van der Waals surface area contributed by atoms with E-state index in [0.29, 0.717) is 11.4 Å². The lowest BCUT2D eigenvalue weighted by Gasteiger charge is -2.07. The number of hydrogen-bond donors (Lipinski definition) is 2. The molecule has 1 amide bonds. The highest BCUT2D eigenvalue weighted by Gasteiger charge is 2.07. The first-order valence-electron chi connectivity index (χ1n) is 7.05. The fourth-order valence-corrected chi connectivity index (χ4v) is 2.01. The number of carbonyl (C=O) groups is 2. The molecule has 0 aliphatic carbocycles. The predicted octanol–water partition coefficient (Wildman–Crippen LogP) is 1.64. The molecule has 0 fully saturated rings. The number of benzene rings is 1. The Morgan fingerprint density at radius 3 is 2.57 bits per heavy atom. The van der Waals surface area contributed by atoms with Gasteiger partial charge in [0.15, 0.2) is 0 Å². The molecule has 120 valence electrons. The first-order chi connectivity index (χ1) is 11.0. The third-order valence-corrected chi connectivity index (χ3v) is 3.08. The Labute approximate surface area is 132 Å². The zero-order valence-electron chi connectivity index (χ0n) is 12.9. The van der Waals surface area contributed by atoms with Crippen LogP contribution in [0.3, 0.4) is 0 Å². The molecule has 1 aromatic carbocycles. The van der Waals surface area contributed by atoms with E-state index in [-0.39, 0.29) is 24.5 Å². The average Bonchev–Trinajstić information content (AvgIpc) is 2.48. The summed E-state index contributed by atoms with van der Waals surface area (Å²) in [7, 11) is 0. The van der Waals surface area contributed by atoms with Crippen LogP contribution in [0, 0.1) is 6.92 Å². The standard InChI is InChI=1S/C16H17N3O4/c1-10-9-15(22)18-19-16(10)12-3-5-13(6-4-12)17-14(21)7-8-23-11(2)20/h3-6,9H,7-8H2,1-2H3,(H,17,21)(H,18,22). The van der Waals surface area contributed by atoms with Crippen LogP contribution in [0.1, 0.15) is 18.9 Å². The maximum absolute atomic E-state index is 11.7. The normalized spacial score (nSPS) is 10.2. The van der Waals surface area contributed by atoms with E-state index in [2.05, 4.69) is 15.5 Å². The van der Waals surface area contributed by atoms with Crippen molar-refractivity contribution in [1.29, 1.82) is 0 Å². The van der Waals surface area contributed by atoms with Gasteiger partial charge in [0.25, 0.3) is 5.56 Å². The summed E-state index contributed by atoms with van der Waals surface area (Å²) in [6.07, 6.45) is 0.0991. The lowest BCUT2D eigenvalue weighted by molar-refractivity contribution is -0.141. The molecule has 7 heteroatoms. The van der Waals surface area contributed by atoms with Crippen molar-refractivity contribution in [2.45, 2.75) is 20.3 Å². The van der Waals surface area contributed by atoms with Crippen LogP contribution >= 0.6 is 0 Å². The van der Waals surface area contributed by atoms with Gasteiger partial charge < -0.3 is 10.1 Å². The fourth-order valence-electron chi connectivity index (χ4n) is 2.01. The van der Waals surface area contributed by atoms with E-state index in [4.69, 9.17) is 4.74 Å². The van der Waals surface area contributed by atoms with Crippen molar-refractivity contribution in [2.75, 3.05) is 11.9 Å². The minimum atomic E-state index is -0.411. The van der Waals surface area contributed by atoms with Crippen LogP contribution in [0.5, 0.6) is 0 Å². The van der Waals surface area contributed by atoms with Gasteiger partial charge in [-0.05, 0) is 24.6 Å². The number of carbonyl (C=O) groups excluding carboxylic acids is 2. The van der Waals surface area contributed by atoms with Gasteiger partial charge in [-0.3, -0.25) is 14.4 Å². The third-order valence-electron chi connectivity index (χ3n) is 3.08. The van der Waals surface area contributed by atoms with Gasteiger partial charge in [0.05, 0.1) is 12.1 Å². The van der Waals surface area contributed by atoms with Crippen LogP contribution in [0.15, 0.2) is 35.1 Å². The number of nitrogens with one attached hydrogen (secondary N) is 2. The number of ether oxygens (including phenoxy) is 1. The Morgan fingerprint density at radius 2 is 1.96 bits per heavy atom. The van der Waals surface area contributed by atoms with Crippen molar-refractivity contribution in [1.82, 2.24) is 10.2 Å². The molecule has 23 heavy (non-hydrogen) atoms. The highest BCUT2D eigenvalue weighted by Crippen LogP contribution is 2.21. The van der Waals surface area contributed by atoms with Crippen LogP contribution in [0.2, 0.25) is 0 Å². The molecule has 0 saturated heterocycles. The SMILES string of the molecule is CC(=O)OCCC(=O)Nc1ccc(-c2n[nH]c(=O)cc2C)cc1. The Balaban J connectivity index is 2.00. The monoisotopic (exact) mass is 315 g/mol. The van der Waals surface area contributed by atoms with Gasteiger partial charge in [-0.25, -0.2) is 5.10 Å². The van der Waals surface area contributed by atoms with Crippen molar-refractivity contribution in [3.8, 4) is 11.3 Å². The minimum Gasteiger partial charge on any atom is -0.465 e. The summed E-state index contributed by atoms with van der Waals surface area (Å²) in [5.74, 6) is -0.650. The molecule has 0 bridgehead atoms. The summed E-state index contributed by atoms with van der Waals surface area (Å²) in [6, 6.07) is 8.56. The van der Waals surface area contributed by atoms with Crippen LogP contribution in [-0.4, -0.2) is 28.7 Å². The summed E-state index contributed by atoms with van der Waals surface area (Å²) in [5, 5.41) is 9.13. The number of nitrogens with zero attached hydrogens (tertiary/aromatic N) is 1. The molecule has 0 aliphatic heterocycles. The van der Waals surface area contributed by atoms with Gasteiger partial charge in [-0.15, -0.1) is 0 Å². The number of aryl methyl sites for hydroxylation is 1. The Hall–Kier alpha value is -2.96. The Morgan fingerprint density at radius 1 is 1.26 bits per heavy atom. The molecule has 7 nitrogen and oxygen atoms in total. The van der Waals surface area contributed by atoms with E-state index in [0.717, 1.165) is 11.1 Å². The minimum absolute atomic E-state index is 0.0553. The van der Waals surface area contributed by atoms with Crippen molar-refractivity contribution in [2.24, 2.45) is 0 Å². The quantitative estimate of drug-likeness (QED) is 0.817. The number of hydrogen-bond acceptors (Lipinski definition) is 5. The maximum Gasteiger partial charge on any atom is 0.302 e. The second-order valence-electron chi connectivity index (χ2n) is 4.98. The zero-order valence-corrected chi connectivity index (χ0v) is 12.9. The number of rotatable bonds is 5. The van der Waals surface area contributed by atoms with E-state index in [1.54, 1.807) is 24.3 Å². The molecule has 0 spiro atoms. The van der Waals surface area contributed by atoms with Crippen molar-refractivity contribution in [3.63, 3.8) is 0 Å². The van der Waals surface area contributed by atoms with Gasteiger partial charge in [0.1, 0.15) is 6.61 Å². The van der Waals surface area contributed by atoms with Gasteiger partial charge >= 0.3 is 5.97 Å². The van der Waals surface area contributed by atoms with Gasteiger partial charge in [0, 0.05) is 24.2 Å². The summed E-state index contributed by atoms with van der Waals surface area (Å²) in [6.45, 7) is 3.16. The largest absolute Gasteiger partial charge is 0.465 e. The van der Waals surface area contributed by atoms with E-state index >= 15 is 0 Å². The molecule has 2 N–H and O–H groups in total. The van der Waals surface area contributed by atoms with Crippen LogP contribution in [0.25, 0.3) is 11.3 Å². The summed E-state index contributed by atoms with van der Waals surface area (Å²) in [4.78, 5) is 33.5. The van der Waals surface area contributed by atoms with Gasteiger partial charge in [-0.2, -0.15) is 5.10 Å². The summed E-state index contributed by atoms with van der Waals surface area (Å²) < 4.78 is 4.71. The average molecular weight is 315 g/mol. The molecular formula is C16H17N3O4. The van der Waals surface area contributed by atoms with Crippen molar-refractivity contribution >= 4 is 17.6 Å². The molecule has 0 atom stereocenters.